The number of rotatable bonds is 38. The molecule has 1 aromatic carbocycles. The van der Waals surface area contributed by atoms with Crippen molar-refractivity contribution in [2.75, 3.05) is 27.2 Å². The van der Waals surface area contributed by atoms with E-state index < -0.39 is 0 Å². The topological polar surface area (TPSA) is 114 Å². The van der Waals surface area contributed by atoms with Gasteiger partial charge in [0.1, 0.15) is 13.2 Å². The summed E-state index contributed by atoms with van der Waals surface area (Å²) in [6, 6.07) is 6.06. The molecular weight excluding hydrogens is 703 g/mol. The number of hydrogen-bond donors (Lipinski definition) is 2. The van der Waals surface area contributed by atoms with E-state index in [0.717, 1.165) is 126 Å². The lowest BCUT2D eigenvalue weighted by Crippen LogP contribution is -2.23. The van der Waals surface area contributed by atoms with Gasteiger partial charge in [-0.25, -0.2) is 0 Å². The molecule has 2 N–H and O–H groups in total. The Hall–Kier alpha value is -2.94. The molecule has 0 fully saturated rings. The molecule has 0 radical (unpaired) electrons. The number of esters is 2. The lowest BCUT2D eigenvalue weighted by atomic mass is 10.1. The Balaban J connectivity index is 2.18. The van der Waals surface area contributed by atoms with Gasteiger partial charge in [-0.1, -0.05) is 142 Å². The summed E-state index contributed by atoms with van der Waals surface area (Å²) >= 11 is 0. The van der Waals surface area contributed by atoms with Crippen molar-refractivity contribution in [1.82, 2.24) is 15.5 Å². The third-order valence-electron chi connectivity index (χ3n) is 10.2. The molecule has 9 nitrogen and oxygen atoms in total. The molecule has 0 saturated heterocycles. The molecule has 56 heavy (non-hydrogen) atoms. The minimum absolute atomic E-state index is 0.170. The van der Waals surface area contributed by atoms with E-state index in [9.17, 15) is 19.2 Å². The molecule has 0 unspecified atom stereocenters. The minimum Gasteiger partial charge on any atom is -0.461 e. The molecule has 0 heterocycles. The summed E-state index contributed by atoms with van der Waals surface area (Å²) in [6.45, 7) is 7.04. The second-order valence-electron chi connectivity index (χ2n) is 16.2. The van der Waals surface area contributed by atoms with Gasteiger partial charge in [-0.3, -0.25) is 19.2 Å². The van der Waals surface area contributed by atoms with Gasteiger partial charge in [-0.15, -0.1) is 0 Å². The first-order chi connectivity index (χ1) is 27.2. The SMILES string of the molecule is CCCCCCCCCC(=O)NCCCCCCCC(=O)OCc1cc(COC(=O)CCCCCCCNC(=O)CCCCCCCCC)cc(CN(C)C)c1. The van der Waals surface area contributed by atoms with Crippen LogP contribution in [0.25, 0.3) is 0 Å². The van der Waals surface area contributed by atoms with E-state index in [0.29, 0.717) is 25.7 Å². The first-order valence-electron chi connectivity index (χ1n) is 22.8. The second kappa shape index (κ2) is 36.4. The first kappa shape index (κ1) is 51.1. The van der Waals surface area contributed by atoms with Gasteiger partial charge in [0, 0.05) is 45.3 Å². The summed E-state index contributed by atoms with van der Waals surface area (Å²) in [5.74, 6) is -0.0548. The van der Waals surface area contributed by atoms with Crippen LogP contribution in [0.5, 0.6) is 0 Å². The van der Waals surface area contributed by atoms with Crippen molar-refractivity contribution in [3.8, 4) is 0 Å². The summed E-state index contributed by atoms with van der Waals surface area (Å²) < 4.78 is 11.2. The van der Waals surface area contributed by atoms with Crippen LogP contribution in [-0.2, 0) is 48.4 Å². The number of hydrogen-bond acceptors (Lipinski definition) is 7. The normalized spacial score (nSPS) is 11.2. The lowest BCUT2D eigenvalue weighted by Gasteiger charge is -2.14. The molecule has 0 aliphatic heterocycles. The van der Waals surface area contributed by atoms with Gasteiger partial charge in [-0.2, -0.15) is 0 Å². The standard InChI is InChI=1S/C47H83N3O6/c1-5-7-9-11-13-17-23-29-44(51)48-33-27-21-15-19-25-31-46(53)55-39-42-35-41(38-50(3)4)36-43(37-42)40-56-47(54)32-26-20-16-22-28-34-49-45(52)30-24-18-14-12-10-8-6-2/h35-37H,5-34,38-40H2,1-4H3,(H,48,51)(H,49,52). The Morgan fingerprint density at radius 1 is 0.446 bits per heavy atom. The maximum atomic E-state index is 12.5. The van der Waals surface area contributed by atoms with Gasteiger partial charge < -0.3 is 25.0 Å². The highest BCUT2D eigenvalue weighted by atomic mass is 16.5. The van der Waals surface area contributed by atoms with Crippen LogP contribution in [-0.4, -0.2) is 55.8 Å². The zero-order valence-electron chi connectivity index (χ0n) is 36.5. The Labute approximate surface area is 342 Å². The van der Waals surface area contributed by atoms with E-state index in [1.807, 2.05) is 32.3 Å². The molecule has 1 aromatic rings. The Kier molecular flexibility index (Phi) is 33.2. The molecule has 0 aliphatic rings. The fourth-order valence-electron chi connectivity index (χ4n) is 6.90. The molecule has 0 aromatic heterocycles. The number of ether oxygens (including phenoxy) is 2. The monoisotopic (exact) mass is 786 g/mol. The Morgan fingerprint density at radius 3 is 1.14 bits per heavy atom. The number of unbranched alkanes of at least 4 members (excludes halogenated alkanes) is 20. The van der Waals surface area contributed by atoms with Crippen LogP contribution >= 0.6 is 0 Å². The molecule has 1 rings (SSSR count). The van der Waals surface area contributed by atoms with Gasteiger partial charge >= 0.3 is 11.9 Å². The largest absolute Gasteiger partial charge is 0.461 e. The number of carbonyl (C=O) groups is 4. The van der Waals surface area contributed by atoms with Crippen LogP contribution < -0.4 is 10.6 Å². The smallest absolute Gasteiger partial charge is 0.306 e. The van der Waals surface area contributed by atoms with E-state index >= 15 is 0 Å². The maximum Gasteiger partial charge on any atom is 0.306 e. The van der Waals surface area contributed by atoms with Crippen LogP contribution in [0.1, 0.15) is 210 Å². The third kappa shape index (κ3) is 32.2. The van der Waals surface area contributed by atoms with Crippen LogP contribution in [0.15, 0.2) is 18.2 Å². The Bertz CT molecular complexity index is 1080. The summed E-state index contributed by atoms with van der Waals surface area (Å²) in [5, 5.41) is 6.09. The van der Waals surface area contributed by atoms with Crippen molar-refractivity contribution >= 4 is 23.8 Å². The van der Waals surface area contributed by atoms with Crippen LogP contribution in [0.3, 0.4) is 0 Å². The van der Waals surface area contributed by atoms with Gasteiger partial charge in [0.2, 0.25) is 11.8 Å². The Morgan fingerprint density at radius 2 is 0.768 bits per heavy atom. The summed E-state index contributed by atoms with van der Waals surface area (Å²) in [6.07, 6.45) is 28.8. The van der Waals surface area contributed by atoms with Crippen molar-refractivity contribution < 1.29 is 28.7 Å². The predicted octanol–water partition coefficient (Wildman–Crippen LogP) is 11.0. The van der Waals surface area contributed by atoms with Gasteiger partial charge in [0.15, 0.2) is 0 Å². The average Bonchev–Trinajstić information content (AvgIpc) is 3.17. The highest BCUT2D eigenvalue weighted by Gasteiger charge is 2.10. The second-order valence-corrected chi connectivity index (χ2v) is 16.2. The van der Waals surface area contributed by atoms with Crippen molar-refractivity contribution in [1.29, 1.82) is 0 Å². The molecule has 0 saturated carbocycles. The molecule has 9 heteroatoms. The zero-order valence-corrected chi connectivity index (χ0v) is 36.5. The van der Waals surface area contributed by atoms with Gasteiger partial charge in [0.25, 0.3) is 0 Å². The number of amides is 2. The molecular formula is C47H83N3O6. The molecule has 0 atom stereocenters. The summed E-state index contributed by atoms with van der Waals surface area (Å²) in [7, 11) is 4.02. The van der Waals surface area contributed by atoms with Crippen LogP contribution in [0, 0.1) is 0 Å². The number of carbonyl (C=O) groups excluding carboxylic acids is 4. The van der Waals surface area contributed by atoms with Crippen molar-refractivity contribution in [2.24, 2.45) is 0 Å². The highest BCUT2D eigenvalue weighted by Crippen LogP contribution is 2.17. The third-order valence-corrected chi connectivity index (χ3v) is 10.2. The van der Waals surface area contributed by atoms with Gasteiger partial charge in [-0.05, 0) is 75.4 Å². The van der Waals surface area contributed by atoms with Crippen molar-refractivity contribution in [2.45, 2.75) is 213 Å². The number of nitrogens with one attached hydrogen (secondary N) is 2. The number of nitrogens with zero attached hydrogens (tertiary/aromatic N) is 1. The number of benzene rings is 1. The molecule has 0 aliphatic carbocycles. The van der Waals surface area contributed by atoms with E-state index in [1.165, 1.54) is 64.2 Å². The zero-order chi connectivity index (χ0) is 40.9. The van der Waals surface area contributed by atoms with E-state index in [1.54, 1.807) is 0 Å². The van der Waals surface area contributed by atoms with E-state index in [4.69, 9.17) is 9.47 Å². The minimum atomic E-state index is -0.197. The summed E-state index contributed by atoms with van der Waals surface area (Å²) in [4.78, 5) is 51.1. The average molecular weight is 786 g/mol. The molecule has 0 bridgehead atoms. The van der Waals surface area contributed by atoms with Crippen molar-refractivity contribution in [3.05, 3.63) is 34.9 Å². The molecule has 322 valence electrons. The quantitative estimate of drug-likeness (QED) is 0.0507. The van der Waals surface area contributed by atoms with Crippen LogP contribution in [0.2, 0.25) is 0 Å². The van der Waals surface area contributed by atoms with E-state index in [2.05, 4.69) is 29.4 Å². The predicted molar refractivity (Wildman–Crippen MR) is 230 cm³/mol. The molecule has 2 amide bonds. The highest BCUT2D eigenvalue weighted by molar-refractivity contribution is 5.76. The fraction of sp³-hybridized carbons (Fsp3) is 0.787. The molecule has 0 spiro atoms. The van der Waals surface area contributed by atoms with E-state index in [-0.39, 0.29) is 37.0 Å². The summed E-state index contributed by atoms with van der Waals surface area (Å²) in [5.41, 5.74) is 2.87. The van der Waals surface area contributed by atoms with Crippen LogP contribution in [0.4, 0.5) is 0 Å². The van der Waals surface area contributed by atoms with Crippen molar-refractivity contribution in [3.63, 3.8) is 0 Å². The maximum absolute atomic E-state index is 12.5. The fourth-order valence-corrected chi connectivity index (χ4v) is 6.90. The first-order valence-corrected chi connectivity index (χ1v) is 22.8. The van der Waals surface area contributed by atoms with Gasteiger partial charge in [0.05, 0.1) is 0 Å². The lowest BCUT2D eigenvalue weighted by molar-refractivity contribution is -0.145.